The summed E-state index contributed by atoms with van der Waals surface area (Å²) in [5.74, 6) is 1.79. The van der Waals surface area contributed by atoms with E-state index in [-0.39, 0.29) is 37.5 Å². The maximum Gasteiger partial charge on any atom is 0.508 e. The van der Waals surface area contributed by atoms with Gasteiger partial charge in [-0.25, -0.2) is 9.59 Å². The number of ether oxygens (including phenoxy) is 4. The lowest BCUT2D eigenvalue weighted by Crippen LogP contribution is -2.42. The molecule has 1 fully saturated rings. The minimum atomic E-state index is -1.85. The van der Waals surface area contributed by atoms with E-state index in [0.717, 1.165) is 87.2 Å². The highest BCUT2D eigenvalue weighted by molar-refractivity contribution is 6.73. The molecule has 8 heteroatoms. The van der Waals surface area contributed by atoms with Gasteiger partial charge in [-0.05, 0) is 117 Å². The number of hydrogen-bond donors (Lipinski definition) is 0. The van der Waals surface area contributed by atoms with Crippen LogP contribution in [0.2, 0.25) is 18.1 Å². The van der Waals surface area contributed by atoms with Crippen LogP contribution in [0.1, 0.15) is 103 Å². The molecule has 7 nitrogen and oxygen atoms in total. The fourth-order valence-electron chi connectivity index (χ4n) is 7.90. The van der Waals surface area contributed by atoms with E-state index in [0.29, 0.717) is 17.8 Å². The molecule has 5 atom stereocenters. The highest BCUT2D eigenvalue weighted by atomic mass is 28.4. The molecule has 0 aliphatic heterocycles. The van der Waals surface area contributed by atoms with Gasteiger partial charge in [0.05, 0.1) is 6.10 Å². The largest absolute Gasteiger partial charge is 0.508 e. The zero-order valence-electron chi connectivity index (χ0n) is 30.3. The van der Waals surface area contributed by atoms with E-state index >= 15 is 0 Å². The first-order valence-corrected chi connectivity index (χ1v) is 21.2. The fourth-order valence-corrected chi connectivity index (χ4v) is 10.8. The van der Waals surface area contributed by atoms with E-state index in [1.165, 1.54) is 11.1 Å². The molecule has 0 spiro atoms. The van der Waals surface area contributed by atoms with E-state index in [1.54, 1.807) is 0 Å². The van der Waals surface area contributed by atoms with Crippen molar-refractivity contribution in [1.82, 2.24) is 0 Å². The highest BCUT2D eigenvalue weighted by Crippen LogP contribution is 2.50. The Kier molecular flexibility index (Phi) is 14.9. The number of benzene rings is 2. The molecule has 48 heavy (non-hydrogen) atoms. The molecule has 4 rings (SSSR count). The lowest BCUT2D eigenvalue weighted by Gasteiger charge is -2.36. The molecular formula is C40H60O7Si. The molecule has 2 aromatic rings. The Bertz CT molecular complexity index is 1270. The molecule has 2 aliphatic carbocycles. The summed E-state index contributed by atoms with van der Waals surface area (Å²) < 4.78 is 30.2. The third-order valence-electron chi connectivity index (χ3n) is 10.8. The second-order valence-electron chi connectivity index (χ2n) is 14.2. The Morgan fingerprint density at radius 1 is 0.875 bits per heavy atom. The number of rotatable bonds is 19. The van der Waals surface area contributed by atoms with Crippen molar-refractivity contribution in [3.05, 3.63) is 65.2 Å². The Morgan fingerprint density at radius 2 is 1.62 bits per heavy atom. The van der Waals surface area contributed by atoms with Gasteiger partial charge >= 0.3 is 12.1 Å². The van der Waals surface area contributed by atoms with Gasteiger partial charge < -0.3 is 23.4 Å². The molecular weight excluding hydrogens is 621 g/mol. The first-order chi connectivity index (χ1) is 23.2. The number of unbranched alkanes of at least 4 members (excludes halogenated alkanes) is 2. The van der Waals surface area contributed by atoms with Crippen molar-refractivity contribution in [2.24, 2.45) is 17.8 Å². The van der Waals surface area contributed by atoms with Crippen molar-refractivity contribution in [3.8, 4) is 5.75 Å². The molecule has 2 aliphatic rings. The normalized spacial score (nSPS) is 20.9. The second kappa shape index (κ2) is 18.8. The van der Waals surface area contributed by atoms with Crippen molar-refractivity contribution in [2.75, 3.05) is 6.61 Å². The summed E-state index contributed by atoms with van der Waals surface area (Å²) in [6.07, 6.45) is 8.18. The number of fused-ring (bicyclic) bond motifs is 2. The second-order valence-corrected chi connectivity index (χ2v) is 18.9. The molecule has 0 heterocycles. The van der Waals surface area contributed by atoms with Gasteiger partial charge in [-0.2, -0.15) is 0 Å². The van der Waals surface area contributed by atoms with Crippen LogP contribution in [0.4, 0.5) is 4.79 Å². The lowest BCUT2D eigenvalue weighted by atomic mass is 9.73. The number of carbonyl (C=O) groups is 2. The maximum atomic E-state index is 12.6. The number of esters is 1. The van der Waals surface area contributed by atoms with Crippen LogP contribution in [0.3, 0.4) is 0 Å². The molecule has 266 valence electrons. The predicted octanol–water partition coefficient (Wildman–Crippen LogP) is 9.84. The number of carbonyl (C=O) groups excluding carboxylic acids is 2. The standard InChI is InChI=1S/C40H60O7Si/c1-7-11-13-20-33(46-40(42)45-29(5)6)22-23-34-35-24-31-19-16-21-37(43-28-39(41)44-27-30-17-14-12-15-18-30)36(31)25-32(35)26-38(34)47-48(8-2,9-3)10-4/h12,14-19,21,29,32-35,38H,7-11,13,20,22-28H2,1-6H3/t32-,33-,34+,35-,38+/m0/s1. The van der Waals surface area contributed by atoms with Crippen LogP contribution in [0.25, 0.3) is 0 Å². The summed E-state index contributed by atoms with van der Waals surface area (Å²) in [5, 5.41) is 0. The number of hydrogen-bond acceptors (Lipinski definition) is 7. The third kappa shape index (κ3) is 10.6. The summed E-state index contributed by atoms with van der Waals surface area (Å²) in [7, 11) is -1.85. The summed E-state index contributed by atoms with van der Waals surface area (Å²) in [4.78, 5) is 25.1. The molecule has 0 N–H and O–H groups in total. The van der Waals surface area contributed by atoms with Gasteiger partial charge in [-0.1, -0.05) is 83.0 Å². The van der Waals surface area contributed by atoms with Gasteiger partial charge in [0.1, 0.15) is 18.5 Å². The van der Waals surface area contributed by atoms with Crippen LogP contribution < -0.4 is 4.74 Å². The van der Waals surface area contributed by atoms with E-state index in [9.17, 15) is 9.59 Å². The Hall–Kier alpha value is -2.84. The zero-order chi connectivity index (χ0) is 34.5. The topological polar surface area (TPSA) is 80.3 Å². The van der Waals surface area contributed by atoms with Crippen LogP contribution in [0.5, 0.6) is 5.75 Å². The lowest BCUT2D eigenvalue weighted by molar-refractivity contribution is -0.147. The molecule has 0 unspecified atom stereocenters. The molecule has 0 amide bonds. The Balaban J connectivity index is 1.48. The van der Waals surface area contributed by atoms with E-state index < -0.39 is 14.5 Å². The average Bonchev–Trinajstić information content (AvgIpc) is 3.41. The zero-order valence-corrected chi connectivity index (χ0v) is 31.3. The van der Waals surface area contributed by atoms with Crippen LogP contribution in [-0.4, -0.2) is 45.4 Å². The van der Waals surface area contributed by atoms with Crippen LogP contribution >= 0.6 is 0 Å². The van der Waals surface area contributed by atoms with Crippen molar-refractivity contribution < 1.29 is 33.0 Å². The van der Waals surface area contributed by atoms with E-state index in [1.807, 2.05) is 56.3 Å². The van der Waals surface area contributed by atoms with Crippen LogP contribution in [-0.2, 0) is 42.9 Å². The van der Waals surface area contributed by atoms with Crippen molar-refractivity contribution in [1.29, 1.82) is 0 Å². The third-order valence-corrected chi connectivity index (χ3v) is 15.5. The van der Waals surface area contributed by atoms with Gasteiger partial charge in [0.25, 0.3) is 0 Å². The smallest absolute Gasteiger partial charge is 0.482 e. The minimum absolute atomic E-state index is 0.109. The average molecular weight is 681 g/mol. The maximum absolute atomic E-state index is 12.6. The molecule has 1 saturated carbocycles. The quantitative estimate of drug-likeness (QED) is 0.0830. The molecule has 0 radical (unpaired) electrons. The summed E-state index contributed by atoms with van der Waals surface area (Å²) >= 11 is 0. The summed E-state index contributed by atoms with van der Waals surface area (Å²) in [5.41, 5.74) is 3.48. The summed E-state index contributed by atoms with van der Waals surface area (Å²) in [6, 6.07) is 19.3. The minimum Gasteiger partial charge on any atom is -0.482 e. The Morgan fingerprint density at radius 3 is 2.31 bits per heavy atom. The van der Waals surface area contributed by atoms with Crippen molar-refractivity contribution in [3.63, 3.8) is 0 Å². The van der Waals surface area contributed by atoms with Crippen molar-refractivity contribution in [2.45, 2.75) is 142 Å². The van der Waals surface area contributed by atoms with Gasteiger partial charge in [-0.3, -0.25) is 0 Å². The van der Waals surface area contributed by atoms with Gasteiger partial charge in [0.2, 0.25) is 0 Å². The fraction of sp³-hybridized carbons (Fsp3) is 0.650. The monoisotopic (exact) mass is 680 g/mol. The van der Waals surface area contributed by atoms with Gasteiger partial charge in [0, 0.05) is 6.10 Å². The molecule has 0 aromatic heterocycles. The highest BCUT2D eigenvalue weighted by Gasteiger charge is 2.48. The molecule has 0 saturated heterocycles. The van der Waals surface area contributed by atoms with Gasteiger partial charge in [-0.15, -0.1) is 0 Å². The van der Waals surface area contributed by atoms with Crippen molar-refractivity contribution >= 4 is 20.4 Å². The first-order valence-electron chi connectivity index (χ1n) is 18.7. The summed E-state index contributed by atoms with van der Waals surface area (Å²) in [6.45, 7) is 13.0. The SMILES string of the molecule is CCCCC[C@@H](CC[C@@H]1[C@H]2Cc3cccc(OCC(=O)OCc4ccccc4)c3C[C@H]2C[C@H]1O[Si](CC)(CC)CC)OC(=O)OC(C)C. The van der Waals surface area contributed by atoms with Crippen LogP contribution in [0.15, 0.2) is 48.5 Å². The first kappa shape index (κ1) is 38.0. The van der Waals surface area contributed by atoms with Crippen LogP contribution in [0, 0.1) is 17.8 Å². The Labute approximate surface area is 290 Å². The van der Waals surface area contributed by atoms with E-state index in [4.69, 9.17) is 23.4 Å². The molecule has 2 aromatic carbocycles. The van der Waals surface area contributed by atoms with E-state index in [2.05, 4.69) is 33.8 Å². The predicted molar refractivity (Wildman–Crippen MR) is 193 cm³/mol. The van der Waals surface area contributed by atoms with Gasteiger partial charge in [0.15, 0.2) is 14.9 Å². The molecule has 0 bridgehead atoms.